The van der Waals surface area contributed by atoms with E-state index < -0.39 is 67.2 Å². The Morgan fingerprint density at radius 3 is 1.46 bits per heavy atom. The van der Waals surface area contributed by atoms with Crippen LogP contribution < -0.4 is 10.6 Å². The average Bonchev–Trinajstić information content (AvgIpc) is 3.30. The molecule has 0 bridgehead atoms. The fraction of sp³-hybridized carbons (Fsp3) is 0.360. The van der Waals surface area contributed by atoms with Gasteiger partial charge in [0.15, 0.2) is 12.6 Å². The molecule has 63 heavy (non-hydrogen) atoms. The van der Waals surface area contributed by atoms with Crippen molar-refractivity contribution in [2.24, 2.45) is 0 Å². The smallest absolute Gasteiger partial charge is 0.224 e. The minimum atomic E-state index is -1.52. The summed E-state index contributed by atoms with van der Waals surface area (Å²) < 4.78 is 45.4. The lowest BCUT2D eigenvalue weighted by Gasteiger charge is -2.49. The van der Waals surface area contributed by atoms with Crippen LogP contribution in [0.5, 0.6) is 0 Å². The molecule has 7 rings (SSSR count). The van der Waals surface area contributed by atoms with E-state index in [9.17, 15) is 19.8 Å². The molecule has 0 spiro atoms. The monoisotopic (exact) mass is 860 g/mol. The van der Waals surface area contributed by atoms with Gasteiger partial charge in [-0.25, -0.2) is 0 Å². The highest BCUT2D eigenvalue weighted by molar-refractivity contribution is 5.79. The highest BCUT2D eigenvalue weighted by Crippen LogP contribution is 2.33. The van der Waals surface area contributed by atoms with E-state index in [1.54, 1.807) is 0 Å². The molecule has 2 aliphatic rings. The Hall–Kier alpha value is -5.32. The summed E-state index contributed by atoms with van der Waals surface area (Å²) in [6.07, 6.45) is -9.31. The van der Waals surface area contributed by atoms with Gasteiger partial charge in [-0.2, -0.15) is 0 Å². The van der Waals surface area contributed by atoms with E-state index >= 15 is 0 Å². The van der Waals surface area contributed by atoms with Gasteiger partial charge in [0.25, 0.3) is 0 Å². The highest BCUT2D eigenvalue weighted by Gasteiger charge is 2.53. The molecule has 332 valence electrons. The van der Waals surface area contributed by atoms with Crippen molar-refractivity contribution in [3.05, 3.63) is 179 Å². The third-order valence-corrected chi connectivity index (χ3v) is 10.9. The predicted molar refractivity (Wildman–Crippen MR) is 232 cm³/mol. The molecule has 10 atom stereocenters. The fourth-order valence-electron chi connectivity index (χ4n) is 7.77. The molecular formula is C50H56N2O11. The van der Waals surface area contributed by atoms with Gasteiger partial charge in [-0.15, -0.1) is 0 Å². The summed E-state index contributed by atoms with van der Waals surface area (Å²) in [5.41, 5.74) is 4.30. The molecule has 13 heteroatoms. The van der Waals surface area contributed by atoms with Crippen molar-refractivity contribution >= 4 is 11.8 Å². The van der Waals surface area contributed by atoms with Crippen molar-refractivity contribution in [1.82, 2.24) is 10.6 Å². The van der Waals surface area contributed by atoms with E-state index in [1.807, 2.05) is 152 Å². The van der Waals surface area contributed by atoms with Crippen molar-refractivity contribution < 1.29 is 53.0 Å². The van der Waals surface area contributed by atoms with Crippen molar-refractivity contribution in [1.29, 1.82) is 0 Å². The Bertz CT molecular complexity index is 2100. The summed E-state index contributed by atoms with van der Waals surface area (Å²) in [5.74, 6) is -0.796. The second kappa shape index (κ2) is 23.4. The van der Waals surface area contributed by atoms with Crippen molar-refractivity contribution in [2.45, 2.75) is 101 Å². The van der Waals surface area contributed by atoms with Crippen LogP contribution in [0.4, 0.5) is 0 Å². The van der Waals surface area contributed by atoms with Crippen LogP contribution in [0.15, 0.2) is 152 Å². The molecule has 0 radical (unpaired) electrons. The normalized spacial score (nSPS) is 25.8. The van der Waals surface area contributed by atoms with Crippen molar-refractivity contribution in [3.63, 3.8) is 0 Å². The Labute approximate surface area is 368 Å². The van der Waals surface area contributed by atoms with Gasteiger partial charge < -0.3 is 54.0 Å². The molecule has 2 heterocycles. The molecule has 13 nitrogen and oxygen atoms in total. The van der Waals surface area contributed by atoms with Crippen molar-refractivity contribution in [3.8, 4) is 0 Å². The molecule has 2 saturated heterocycles. The van der Waals surface area contributed by atoms with Crippen molar-refractivity contribution in [2.75, 3.05) is 13.2 Å². The van der Waals surface area contributed by atoms with E-state index in [0.29, 0.717) is 0 Å². The molecule has 0 saturated carbocycles. The first-order valence-corrected chi connectivity index (χ1v) is 21.3. The maximum atomic E-state index is 14.0. The SMILES string of the molecule is CC(=O)N[C@@H]1[C@@H](OCc2ccccc2)[C@H](O[C@@H]2O[C@H](COCc3ccccc3)[C@@H](O)[C@H](OCc3ccccc3)[C@H]2NC(=O)Cc2ccccc2)[C@@H](COCc2ccccc2)O[C@H]1O. The van der Waals surface area contributed by atoms with Crippen LogP contribution in [-0.4, -0.2) is 96.5 Å². The zero-order chi connectivity index (χ0) is 43.8. The quantitative estimate of drug-likeness (QED) is 0.0833. The number of benzene rings is 5. The van der Waals surface area contributed by atoms with Crippen LogP contribution in [0.25, 0.3) is 0 Å². The molecule has 5 aromatic rings. The lowest BCUT2D eigenvalue weighted by atomic mass is 9.94. The van der Waals surface area contributed by atoms with Crippen LogP contribution in [0.2, 0.25) is 0 Å². The van der Waals surface area contributed by atoms with Crippen LogP contribution in [-0.2, 0) is 75.6 Å². The largest absolute Gasteiger partial charge is 0.388 e. The second-order valence-electron chi connectivity index (χ2n) is 15.7. The summed E-state index contributed by atoms with van der Waals surface area (Å²) in [6, 6.07) is 45.3. The van der Waals surface area contributed by atoms with Gasteiger partial charge >= 0.3 is 0 Å². The molecule has 0 unspecified atom stereocenters. The molecule has 2 aliphatic heterocycles. The number of hydrogen-bond acceptors (Lipinski definition) is 11. The number of aliphatic hydroxyl groups excluding tert-OH is 2. The highest BCUT2D eigenvalue weighted by atomic mass is 16.7. The summed E-state index contributed by atoms with van der Waals surface area (Å²) in [6.45, 7) is 1.88. The van der Waals surface area contributed by atoms with E-state index in [2.05, 4.69) is 10.6 Å². The lowest BCUT2D eigenvalue weighted by Crippen LogP contribution is -2.70. The molecule has 5 aromatic carbocycles. The summed E-state index contributed by atoms with van der Waals surface area (Å²) in [5, 5.41) is 29.5. The second-order valence-corrected chi connectivity index (χ2v) is 15.7. The number of ether oxygens (including phenoxy) is 7. The number of hydrogen-bond donors (Lipinski definition) is 4. The average molecular weight is 861 g/mol. The Kier molecular flexibility index (Phi) is 17.0. The lowest BCUT2D eigenvalue weighted by molar-refractivity contribution is -0.337. The number of carbonyl (C=O) groups is 2. The number of nitrogens with one attached hydrogen (secondary N) is 2. The van der Waals surface area contributed by atoms with Gasteiger partial charge in [-0.1, -0.05) is 152 Å². The maximum Gasteiger partial charge on any atom is 0.224 e. The fourth-order valence-corrected chi connectivity index (χ4v) is 7.77. The van der Waals surface area contributed by atoms with E-state index in [4.69, 9.17) is 33.2 Å². The maximum absolute atomic E-state index is 14.0. The molecule has 2 amide bonds. The van der Waals surface area contributed by atoms with Gasteiger partial charge in [0, 0.05) is 6.92 Å². The summed E-state index contributed by atoms with van der Waals surface area (Å²) in [7, 11) is 0. The van der Waals surface area contributed by atoms with Gasteiger partial charge in [0.1, 0.15) is 48.7 Å². The molecule has 0 aromatic heterocycles. The first kappa shape index (κ1) is 45.7. The van der Waals surface area contributed by atoms with Crippen LogP contribution in [0.1, 0.15) is 34.7 Å². The van der Waals surface area contributed by atoms with E-state index in [1.165, 1.54) is 6.92 Å². The number of aliphatic hydroxyl groups is 2. The first-order chi connectivity index (χ1) is 30.8. The topological polar surface area (TPSA) is 163 Å². The van der Waals surface area contributed by atoms with Crippen LogP contribution >= 0.6 is 0 Å². The van der Waals surface area contributed by atoms with Gasteiger partial charge in [0.05, 0.1) is 46.1 Å². The Morgan fingerprint density at radius 1 is 0.524 bits per heavy atom. The Balaban J connectivity index is 1.24. The zero-order valence-electron chi connectivity index (χ0n) is 35.2. The number of carbonyl (C=O) groups excluding carboxylic acids is 2. The Morgan fingerprint density at radius 2 is 0.968 bits per heavy atom. The molecule has 0 aliphatic carbocycles. The number of amides is 2. The standard InChI is InChI=1S/C50H56N2O11/c1-34(53)51-43-48(60-31-39-25-15-6-16-26-39)46(41(61-49(43)56)33-58-29-37-21-11-4-12-22-37)63-50-44(52-42(54)27-35-17-7-2-8-18-35)47(59-30-38-23-13-5-14-24-38)45(55)40(62-50)32-57-28-36-19-9-3-10-20-36/h2-26,40-41,43-50,55-56H,27-33H2,1H3,(H,51,53)(H,52,54)/t40-,41-,43-,44-,45-,46-,47-,48-,49-,50+/m1/s1. The molecule has 4 N–H and O–H groups in total. The van der Waals surface area contributed by atoms with E-state index in [0.717, 1.165) is 27.8 Å². The first-order valence-electron chi connectivity index (χ1n) is 21.3. The minimum Gasteiger partial charge on any atom is -0.388 e. The predicted octanol–water partition coefficient (Wildman–Crippen LogP) is 5.01. The van der Waals surface area contributed by atoms with Gasteiger partial charge in [-0.05, 0) is 27.8 Å². The minimum absolute atomic E-state index is 0.0251. The summed E-state index contributed by atoms with van der Waals surface area (Å²) in [4.78, 5) is 26.7. The zero-order valence-corrected chi connectivity index (χ0v) is 35.2. The van der Waals surface area contributed by atoms with Crippen LogP contribution in [0, 0.1) is 0 Å². The molecule has 2 fully saturated rings. The summed E-state index contributed by atoms with van der Waals surface area (Å²) >= 11 is 0. The molecular weight excluding hydrogens is 805 g/mol. The number of rotatable bonds is 20. The van der Waals surface area contributed by atoms with E-state index in [-0.39, 0.29) is 52.0 Å². The third kappa shape index (κ3) is 13.3. The van der Waals surface area contributed by atoms with Gasteiger partial charge in [0.2, 0.25) is 11.8 Å². The third-order valence-electron chi connectivity index (χ3n) is 10.9. The van der Waals surface area contributed by atoms with Crippen LogP contribution in [0.3, 0.4) is 0 Å². The van der Waals surface area contributed by atoms with Gasteiger partial charge in [-0.3, -0.25) is 9.59 Å².